The number of hydrogen-bond acceptors (Lipinski definition) is 6. The first-order valence-corrected chi connectivity index (χ1v) is 20.2. The summed E-state index contributed by atoms with van der Waals surface area (Å²) < 4.78 is 36.6. The molecular weight excluding hydrogens is 675 g/mol. The van der Waals surface area contributed by atoms with E-state index < -0.39 is 21.5 Å². The highest BCUT2D eigenvalue weighted by Crippen LogP contribution is 2.66. The maximum absolute atomic E-state index is 15.1. The highest BCUT2D eigenvalue weighted by atomic mass is 32.2. The van der Waals surface area contributed by atoms with Crippen molar-refractivity contribution in [2.45, 2.75) is 82.0 Å². The number of aromatic nitrogens is 1. The van der Waals surface area contributed by atoms with Gasteiger partial charge in [0.25, 0.3) is 5.91 Å². The maximum atomic E-state index is 15.1. The van der Waals surface area contributed by atoms with Crippen LogP contribution in [0, 0.1) is 5.41 Å². The predicted octanol–water partition coefficient (Wildman–Crippen LogP) is 5.87. The molecular formula is C41H47N5O5S. The van der Waals surface area contributed by atoms with Gasteiger partial charge in [0.15, 0.2) is 0 Å². The molecule has 4 fully saturated rings. The number of methoxy groups -OCH3 is 1. The number of nitrogens with zero attached hydrogens (tertiary/aromatic N) is 4. The Hall–Kier alpha value is -4.19. The van der Waals surface area contributed by atoms with Gasteiger partial charge in [0.2, 0.25) is 5.91 Å². The van der Waals surface area contributed by atoms with Gasteiger partial charge >= 0.3 is 10.2 Å². The second kappa shape index (κ2) is 12.5. The first-order valence-electron chi connectivity index (χ1n) is 18.8. The van der Waals surface area contributed by atoms with Crippen LogP contribution in [0.4, 0.5) is 0 Å². The minimum Gasteiger partial charge on any atom is -0.497 e. The van der Waals surface area contributed by atoms with Crippen molar-refractivity contribution in [1.82, 2.24) is 23.4 Å². The van der Waals surface area contributed by atoms with E-state index in [-0.39, 0.29) is 23.4 Å². The van der Waals surface area contributed by atoms with Crippen molar-refractivity contribution in [3.05, 3.63) is 89.0 Å². The summed E-state index contributed by atoms with van der Waals surface area (Å²) in [6, 6.07) is 23.0. The zero-order valence-corrected chi connectivity index (χ0v) is 31.0. The molecule has 4 heterocycles. The highest BCUT2D eigenvalue weighted by Gasteiger charge is 2.65. The van der Waals surface area contributed by atoms with Gasteiger partial charge in [-0.1, -0.05) is 55.7 Å². The van der Waals surface area contributed by atoms with Crippen molar-refractivity contribution < 1.29 is 22.7 Å². The standard InChI is InChI=1S/C41H47N5O5S/c1-43(2)52(49,50)42-39(47)28-14-16-33-36(18-28)46-25-41(40(48)45-24-29-19-30(45)23-44(29)22-26-10-6-4-7-11-26)21-35(41)34-20-31(51-3)15-17-32(34)38(46)37(33)27-12-8-5-9-13-27/h4,6-7,10-11,14-18,20,27,29-30,35H,5,8-9,12-13,19,21-25H2,1-3H3,(H,42,47)/t29-,30+,35?,41?/m0/s1. The number of amides is 2. The number of rotatable bonds is 8. The normalized spacial score (nSPS) is 25.5. The minimum absolute atomic E-state index is 0.0514. The van der Waals surface area contributed by atoms with Crippen molar-refractivity contribution in [1.29, 1.82) is 0 Å². The van der Waals surface area contributed by atoms with Crippen molar-refractivity contribution in [3.8, 4) is 17.0 Å². The van der Waals surface area contributed by atoms with Gasteiger partial charge in [-0.15, -0.1) is 0 Å². The molecule has 3 aliphatic heterocycles. The van der Waals surface area contributed by atoms with Crippen LogP contribution in [0.3, 0.4) is 0 Å². The maximum Gasteiger partial charge on any atom is 0.303 e. The van der Waals surface area contributed by atoms with E-state index >= 15 is 4.79 Å². The zero-order valence-electron chi connectivity index (χ0n) is 30.2. The zero-order chi connectivity index (χ0) is 35.9. The predicted molar refractivity (Wildman–Crippen MR) is 200 cm³/mol. The number of benzene rings is 3. The van der Waals surface area contributed by atoms with Gasteiger partial charge < -0.3 is 14.2 Å². The molecule has 0 radical (unpaired) electrons. The highest BCUT2D eigenvalue weighted by molar-refractivity contribution is 7.87. The molecule has 2 saturated heterocycles. The number of fused-ring (bicyclic) bond motifs is 9. The molecule has 2 aliphatic carbocycles. The SMILES string of the molecule is COc1ccc2c(c1)C1CC1(C(=O)N1C[C@@H]3C[C@@H]1CN3Cc1ccccc1)Cn1c-2c(C2CCCCC2)c2ccc(C(=O)NS(=O)(=O)N(C)C)cc21. The molecule has 0 spiro atoms. The van der Waals surface area contributed by atoms with Crippen LogP contribution < -0.4 is 9.46 Å². The fourth-order valence-corrected chi connectivity index (χ4v) is 10.5. The number of hydrogen-bond donors (Lipinski definition) is 1. The molecule has 11 heteroatoms. The average molecular weight is 722 g/mol. The van der Waals surface area contributed by atoms with Crippen molar-refractivity contribution >= 4 is 32.9 Å². The van der Waals surface area contributed by atoms with Gasteiger partial charge in [-0.25, -0.2) is 4.72 Å². The van der Waals surface area contributed by atoms with Gasteiger partial charge in [0.05, 0.1) is 18.2 Å². The number of likely N-dealkylation sites (tertiary alicyclic amines) is 2. The van der Waals surface area contributed by atoms with Gasteiger partial charge in [-0.2, -0.15) is 12.7 Å². The third-order valence-electron chi connectivity index (χ3n) is 12.8. The molecule has 272 valence electrons. The Morgan fingerprint density at radius 3 is 2.46 bits per heavy atom. The topological polar surface area (TPSA) is 104 Å². The lowest BCUT2D eigenvalue weighted by molar-refractivity contribution is -0.140. The number of nitrogens with one attached hydrogen (secondary N) is 1. The molecule has 5 aliphatic rings. The van der Waals surface area contributed by atoms with E-state index in [0.717, 1.165) is 83.1 Å². The summed E-state index contributed by atoms with van der Waals surface area (Å²) in [5.41, 5.74) is 6.55. The molecule has 1 aromatic heterocycles. The van der Waals surface area contributed by atoms with Gasteiger partial charge in [-0.3, -0.25) is 14.5 Å². The Kier molecular flexibility index (Phi) is 8.06. The first-order chi connectivity index (χ1) is 25.1. The largest absolute Gasteiger partial charge is 0.497 e. The van der Waals surface area contributed by atoms with E-state index in [9.17, 15) is 13.2 Å². The Balaban J connectivity index is 1.14. The van der Waals surface area contributed by atoms with Crippen molar-refractivity contribution in [2.75, 3.05) is 34.3 Å². The average Bonchev–Trinajstić information content (AvgIpc) is 3.38. The Labute approximate surface area is 305 Å². The minimum atomic E-state index is -3.98. The summed E-state index contributed by atoms with van der Waals surface area (Å²) in [6.45, 7) is 3.04. The van der Waals surface area contributed by atoms with Crippen LogP contribution in [0.2, 0.25) is 0 Å². The molecule has 4 aromatic rings. The molecule has 2 bridgehead atoms. The third kappa shape index (κ3) is 5.38. The molecule has 3 aromatic carbocycles. The second-order valence-electron chi connectivity index (χ2n) is 15.9. The Morgan fingerprint density at radius 1 is 0.962 bits per heavy atom. The van der Waals surface area contributed by atoms with Crippen LogP contribution in [0.1, 0.15) is 83.8 Å². The first kappa shape index (κ1) is 33.6. The monoisotopic (exact) mass is 721 g/mol. The van der Waals surface area contributed by atoms with Gasteiger partial charge in [0, 0.05) is 80.3 Å². The van der Waals surface area contributed by atoms with E-state index in [1.807, 2.05) is 18.2 Å². The fraction of sp³-hybridized carbons (Fsp3) is 0.463. The quantitative estimate of drug-likeness (QED) is 0.244. The molecule has 9 rings (SSSR count). The molecule has 1 N–H and O–H groups in total. The number of carbonyl (C=O) groups excluding carboxylic acids is 2. The third-order valence-corrected chi connectivity index (χ3v) is 14.2. The lowest BCUT2D eigenvalue weighted by atomic mass is 9.81. The molecule has 10 nitrogen and oxygen atoms in total. The summed E-state index contributed by atoms with van der Waals surface area (Å²) in [5, 5.41) is 1.08. The molecule has 2 amide bonds. The van der Waals surface area contributed by atoms with Crippen LogP contribution in [0.5, 0.6) is 5.75 Å². The molecule has 2 saturated carbocycles. The second-order valence-corrected chi connectivity index (χ2v) is 17.8. The lowest BCUT2D eigenvalue weighted by Crippen LogP contribution is -2.51. The summed E-state index contributed by atoms with van der Waals surface area (Å²) in [7, 11) is 0.502. The smallest absolute Gasteiger partial charge is 0.303 e. The van der Waals surface area contributed by atoms with Crippen LogP contribution in [0.25, 0.3) is 22.2 Å². The number of ether oxygens (including phenoxy) is 1. The van der Waals surface area contributed by atoms with Crippen LogP contribution >= 0.6 is 0 Å². The van der Waals surface area contributed by atoms with E-state index in [4.69, 9.17) is 4.74 Å². The molecule has 2 unspecified atom stereocenters. The van der Waals surface area contributed by atoms with E-state index in [1.165, 1.54) is 44.5 Å². The van der Waals surface area contributed by atoms with Gasteiger partial charge in [0.1, 0.15) is 5.75 Å². The van der Waals surface area contributed by atoms with Crippen LogP contribution in [-0.2, 0) is 28.1 Å². The van der Waals surface area contributed by atoms with E-state index in [2.05, 4.69) is 61.6 Å². The summed E-state index contributed by atoms with van der Waals surface area (Å²) in [4.78, 5) is 33.3. The lowest BCUT2D eigenvalue weighted by Gasteiger charge is -2.36. The molecule has 4 atom stereocenters. The van der Waals surface area contributed by atoms with Crippen molar-refractivity contribution in [2.24, 2.45) is 5.41 Å². The van der Waals surface area contributed by atoms with Gasteiger partial charge in [-0.05, 0) is 78.6 Å². The number of carbonyl (C=O) groups is 2. The van der Waals surface area contributed by atoms with Crippen molar-refractivity contribution in [3.63, 3.8) is 0 Å². The van der Waals surface area contributed by atoms with Crippen LogP contribution in [0.15, 0.2) is 66.7 Å². The molecule has 52 heavy (non-hydrogen) atoms. The number of piperazine rings is 1. The van der Waals surface area contributed by atoms with E-state index in [1.54, 1.807) is 13.2 Å². The van der Waals surface area contributed by atoms with Crippen LogP contribution in [-0.4, -0.2) is 85.3 Å². The Bertz CT molecular complexity index is 2190. The summed E-state index contributed by atoms with van der Waals surface area (Å²) in [6.07, 6.45) is 7.49. The fourth-order valence-electron chi connectivity index (χ4n) is 9.99. The Morgan fingerprint density at radius 2 is 1.75 bits per heavy atom. The summed E-state index contributed by atoms with van der Waals surface area (Å²) in [5.74, 6) is 0.747. The van der Waals surface area contributed by atoms with E-state index in [0.29, 0.717) is 18.5 Å². The summed E-state index contributed by atoms with van der Waals surface area (Å²) >= 11 is 0.